The van der Waals surface area contributed by atoms with Crippen LogP contribution in [0, 0.1) is 19.1 Å². The average Bonchev–Trinajstić information content (AvgIpc) is 3.87. The number of aromatic nitrogens is 4. The smallest absolute Gasteiger partial charge is 0.113 e. The summed E-state index contributed by atoms with van der Waals surface area (Å²) in [6.07, 6.45) is 9.03. The summed E-state index contributed by atoms with van der Waals surface area (Å²) in [5.74, 6) is 2.30. The zero-order valence-electron chi connectivity index (χ0n) is 38.4. The number of pyridine rings is 2. The number of imidazole rings is 1. The van der Waals surface area contributed by atoms with Crippen LogP contribution in [0.3, 0.4) is 0 Å². The van der Waals surface area contributed by atoms with Crippen molar-refractivity contribution < 1.29 is 20.1 Å². The van der Waals surface area contributed by atoms with E-state index >= 15 is 0 Å². The first-order valence-corrected chi connectivity index (χ1v) is 27.2. The SMILES string of the molecule is C[Si](C)(C)c1cnc(-c2[c-]cccc2)cc1C1CCCCC1.Cc1ccc2c(n1)sc1c(-c3nc4ccccc4n3-c3c(C(C)C)cc(-c4ccccc4)cc3C(C)C)[c-]ccc12.[Ir]. The molecule has 64 heavy (non-hydrogen) atoms. The molecule has 0 bridgehead atoms. The number of thiophene rings is 1. The van der Waals surface area contributed by atoms with Crippen LogP contribution < -0.4 is 5.19 Å². The molecular weight excluding hydrogens is 993 g/mol. The van der Waals surface area contributed by atoms with Gasteiger partial charge < -0.3 is 9.55 Å². The van der Waals surface area contributed by atoms with Crippen molar-refractivity contribution in [2.45, 2.75) is 104 Å². The van der Waals surface area contributed by atoms with Crippen LogP contribution >= 0.6 is 11.3 Å². The molecule has 1 saturated carbocycles. The van der Waals surface area contributed by atoms with Crippen LogP contribution in [-0.2, 0) is 20.1 Å². The summed E-state index contributed by atoms with van der Waals surface area (Å²) in [5, 5.41) is 3.95. The third kappa shape index (κ3) is 9.10. The maximum atomic E-state index is 5.30. The van der Waals surface area contributed by atoms with E-state index in [0.29, 0.717) is 11.8 Å². The molecule has 0 unspecified atom stereocenters. The second-order valence-corrected chi connectivity index (χ2v) is 25.0. The molecule has 0 spiro atoms. The first-order chi connectivity index (χ1) is 30.5. The molecule has 1 fully saturated rings. The minimum absolute atomic E-state index is 0. The zero-order valence-corrected chi connectivity index (χ0v) is 42.6. The molecule has 4 nitrogen and oxygen atoms in total. The number of nitrogens with zero attached hydrogens (tertiary/aromatic N) is 4. The van der Waals surface area contributed by atoms with Gasteiger partial charge in [0.05, 0.1) is 24.9 Å². The fraction of sp³-hybridized carbons (Fsp3) is 0.281. The van der Waals surface area contributed by atoms with Gasteiger partial charge in [0.15, 0.2) is 0 Å². The number of rotatable bonds is 8. The van der Waals surface area contributed by atoms with Gasteiger partial charge in [-0.25, -0.2) is 4.98 Å². The van der Waals surface area contributed by atoms with E-state index in [1.54, 1.807) is 22.1 Å². The fourth-order valence-corrected chi connectivity index (χ4v) is 12.3. The van der Waals surface area contributed by atoms with Crippen LogP contribution in [0.5, 0.6) is 0 Å². The zero-order chi connectivity index (χ0) is 43.8. The summed E-state index contributed by atoms with van der Waals surface area (Å²) in [5.41, 5.74) is 14.3. The minimum atomic E-state index is -1.36. The number of benzene rings is 5. The maximum absolute atomic E-state index is 5.30. The van der Waals surface area contributed by atoms with Gasteiger partial charge in [0.25, 0.3) is 0 Å². The quantitative estimate of drug-likeness (QED) is 0.113. The van der Waals surface area contributed by atoms with E-state index in [2.05, 4.69) is 180 Å². The Hall–Kier alpha value is -5.04. The van der Waals surface area contributed by atoms with Gasteiger partial charge in [-0.2, -0.15) is 11.3 Å². The number of hydrogen-bond acceptors (Lipinski definition) is 4. The van der Waals surface area contributed by atoms with Crippen LogP contribution in [0.4, 0.5) is 0 Å². The molecule has 0 amide bonds. The van der Waals surface area contributed by atoms with Gasteiger partial charge in [-0.05, 0) is 111 Å². The molecule has 1 radical (unpaired) electrons. The van der Waals surface area contributed by atoms with Gasteiger partial charge in [-0.1, -0.05) is 138 Å². The summed E-state index contributed by atoms with van der Waals surface area (Å²) in [4.78, 5) is 16.0. The molecular formula is C57H58IrN4SSi-2. The molecule has 4 aromatic heterocycles. The number of aryl methyl sites for hydroxylation is 1. The number of hydrogen-bond donors (Lipinski definition) is 0. The van der Waals surface area contributed by atoms with Gasteiger partial charge in [-0.3, -0.25) is 4.98 Å². The molecule has 0 saturated heterocycles. The third-order valence-corrected chi connectivity index (χ3v) is 15.9. The number of para-hydroxylation sites is 2. The Morgan fingerprint density at radius 2 is 1.41 bits per heavy atom. The first-order valence-electron chi connectivity index (χ1n) is 22.9. The molecule has 1 aliphatic carbocycles. The normalized spacial score (nSPS) is 13.4. The Kier molecular flexibility index (Phi) is 13.7. The molecule has 7 heteroatoms. The molecule has 10 rings (SSSR count). The van der Waals surface area contributed by atoms with Gasteiger partial charge in [0.1, 0.15) is 4.83 Å². The van der Waals surface area contributed by atoms with Gasteiger partial charge in [0, 0.05) is 37.7 Å². The Morgan fingerprint density at radius 1 is 0.703 bits per heavy atom. The molecule has 0 aliphatic heterocycles. The summed E-state index contributed by atoms with van der Waals surface area (Å²) >= 11 is 1.74. The van der Waals surface area contributed by atoms with Crippen LogP contribution in [0.2, 0.25) is 19.6 Å². The van der Waals surface area contributed by atoms with Crippen molar-refractivity contribution in [2.24, 2.45) is 0 Å². The fourth-order valence-electron chi connectivity index (χ4n) is 9.47. The molecule has 0 N–H and O–H groups in total. The molecule has 9 aromatic rings. The Labute approximate surface area is 398 Å². The summed E-state index contributed by atoms with van der Waals surface area (Å²) in [6, 6.07) is 50.0. The Bertz CT molecular complexity index is 3020. The number of fused-ring (bicyclic) bond motifs is 4. The van der Waals surface area contributed by atoms with Crippen molar-refractivity contribution in [3.05, 3.63) is 162 Å². The predicted molar refractivity (Wildman–Crippen MR) is 272 cm³/mol. The molecule has 0 atom stereocenters. The van der Waals surface area contributed by atoms with Crippen molar-refractivity contribution in [1.82, 2.24) is 19.5 Å². The van der Waals surface area contributed by atoms with Crippen molar-refractivity contribution in [2.75, 3.05) is 0 Å². The summed E-state index contributed by atoms with van der Waals surface area (Å²) < 4.78 is 3.58. The van der Waals surface area contributed by atoms with E-state index in [9.17, 15) is 0 Å². The monoisotopic (exact) mass is 1050 g/mol. The molecule has 1 aliphatic rings. The van der Waals surface area contributed by atoms with E-state index in [1.165, 1.54) is 75.5 Å². The van der Waals surface area contributed by atoms with E-state index < -0.39 is 8.07 Å². The summed E-state index contributed by atoms with van der Waals surface area (Å²) in [6.45, 7) is 18.5. The van der Waals surface area contributed by atoms with Crippen molar-refractivity contribution in [3.8, 4) is 39.5 Å². The van der Waals surface area contributed by atoms with Crippen LogP contribution in [-0.4, -0.2) is 27.6 Å². The van der Waals surface area contributed by atoms with Gasteiger partial charge >= 0.3 is 0 Å². The van der Waals surface area contributed by atoms with Crippen molar-refractivity contribution in [1.29, 1.82) is 0 Å². The molecule has 4 heterocycles. The standard InChI is InChI=1S/C37H32N3S.C20H26NSi.Ir/c1-22(2)30-20-26(25-12-7-6-8-13-25)21-31(23(3)4)34(30)40-33-17-10-9-16-32(33)39-36(40)29-15-11-14-27-28-19-18-24(5)38-37(28)41-35(27)29;1-22(2,3)20-15-21-19(17-12-8-5-9-13-17)14-18(20)16-10-6-4-7-11-16;/h6-14,16-23H,1-5H3;5,8-9,12,14-16H,4,6-7,10-11H2,1-3H3;/q2*-1;. The van der Waals surface area contributed by atoms with E-state index in [-0.39, 0.29) is 20.1 Å². The van der Waals surface area contributed by atoms with E-state index in [4.69, 9.17) is 15.0 Å². The van der Waals surface area contributed by atoms with Crippen LogP contribution in [0.25, 0.3) is 70.8 Å². The predicted octanol–water partition coefficient (Wildman–Crippen LogP) is 15.6. The van der Waals surface area contributed by atoms with Crippen LogP contribution in [0.1, 0.15) is 99.9 Å². The van der Waals surface area contributed by atoms with Gasteiger partial charge in [0.2, 0.25) is 0 Å². The average molecular weight is 1050 g/mol. The molecule has 5 aromatic carbocycles. The van der Waals surface area contributed by atoms with Gasteiger partial charge in [-0.15, -0.1) is 54.1 Å². The first kappa shape index (κ1) is 45.5. The van der Waals surface area contributed by atoms with E-state index in [1.807, 2.05) is 18.2 Å². The Balaban J connectivity index is 0.000000206. The third-order valence-electron chi connectivity index (χ3n) is 12.7. The second-order valence-electron chi connectivity index (χ2n) is 19.0. The van der Waals surface area contributed by atoms with Crippen molar-refractivity contribution >= 4 is 55.9 Å². The second kappa shape index (κ2) is 19.2. The minimum Gasteiger partial charge on any atom is -0.333 e. The van der Waals surface area contributed by atoms with E-state index in [0.717, 1.165) is 50.1 Å². The maximum Gasteiger partial charge on any atom is 0.113 e. The largest absolute Gasteiger partial charge is 0.333 e. The van der Waals surface area contributed by atoms with Crippen LogP contribution in [0.15, 0.2) is 128 Å². The van der Waals surface area contributed by atoms with Crippen molar-refractivity contribution in [3.63, 3.8) is 0 Å². The Morgan fingerprint density at radius 3 is 2.09 bits per heavy atom. The molecule has 327 valence electrons. The summed E-state index contributed by atoms with van der Waals surface area (Å²) in [7, 11) is -1.36. The topological polar surface area (TPSA) is 43.6 Å².